The molecule has 0 aromatic rings. The minimum atomic E-state index is -3.03. The first-order chi connectivity index (χ1) is 6.93. The van der Waals surface area contributed by atoms with E-state index in [-0.39, 0.29) is 24.3 Å². The second-order valence-corrected chi connectivity index (χ2v) is 5.85. The molecular weight excluding hydrogens is 224 g/mol. The summed E-state index contributed by atoms with van der Waals surface area (Å²) < 4.78 is 47.0. The summed E-state index contributed by atoms with van der Waals surface area (Å²) in [7, 11) is -3.03. The lowest BCUT2D eigenvalue weighted by Crippen LogP contribution is -2.35. The summed E-state index contributed by atoms with van der Waals surface area (Å²) in [5, 5.41) is 2.64. The Balaban J connectivity index is 3.91. The van der Waals surface area contributed by atoms with E-state index in [1.165, 1.54) is 0 Å². The molecule has 3 nitrogen and oxygen atoms in total. The Bertz CT molecular complexity index is 255. The highest BCUT2D eigenvalue weighted by molar-refractivity contribution is 7.91. The third-order valence-corrected chi connectivity index (χ3v) is 3.97. The zero-order chi connectivity index (χ0) is 11.9. The van der Waals surface area contributed by atoms with Gasteiger partial charge in [-0.3, -0.25) is 0 Å². The van der Waals surface area contributed by atoms with E-state index in [2.05, 4.69) is 5.32 Å². The molecule has 6 heteroatoms. The molecule has 0 bridgehead atoms. The van der Waals surface area contributed by atoms with Crippen LogP contribution < -0.4 is 5.32 Å². The molecule has 0 fully saturated rings. The van der Waals surface area contributed by atoms with Crippen molar-refractivity contribution in [3.05, 3.63) is 0 Å². The first kappa shape index (κ1) is 14.8. The lowest BCUT2D eigenvalue weighted by Gasteiger charge is -2.16. The van der Waals surface area contributed by atoms with Crippen molar-refractivity contribution in [1.29, 1.82) is 0 Å². The van der Waals surface area contributed by atoms with E-state index < -0.39 is 22.3 Å². The molecule has 0 aliphatic rings. The van der Waals surface area contributed by atoms with Crippen LogP contribution in [0.25, 0.3) is 0 Å². The van der Waals surface area contributed by atoms with Gasteiger partial charge in [-0.1, -0.05) is 13.8 Å². The number of halogens is 2. The van der Waals surface area contributed by atoms with Crippen molar-refractivity contribution in [3.63, 3.8) is 0 Å². The number of nitrogens with one attached hydrogen (secondary N) is 1. The predicted octanol–water partition coefficient (Wildman–Crippen LogP) is 1.44. The largest absolute Gasteiger partial charge is 0.309 e. The molecule has 15 heavy (non-hydrogen) atoms. The van der Waals surface area contributed by atoms with Crippen molar-refractivity contribution in [2.45, 2.75) is 39.2 Å². The van der Waals surface area contributed by atoms with Crippen molar-refractivity contribution in [3.8, 4) is 0 Å². The summed E-state index contributed by atoms with van der Waals surface area (Å²) in [4.78, 5) is 0. The molecule has 0 spiro atoms. The quantitative estimate of drug-likeness (QED) is 0.701. The molecule has 0 heterocycles. The van der Waals surface area contributed by atoms with E-state index in [0.717, 1.165) is 0 Å². The van der Waals surface area contributed by atoms with Crippen molar-refractivity contribution >= 4 is 9.84 Å². The summed E-state index contributed by atoms with van der Waals surface area (Å²) in [6.07, 6.45) is -1.95. The van der Waals surface area contributed by atoms with Gasteiger partial charge in [0, 0.05) is 5.75 Å². The number of alkyl halides is 2. The first-order valence-electron chi connectivity index (χ1n) is 5.15. The SMILES string of the molecule is CCNC(CCCS(=O)(=O)CC)C(F)F. The van der Waals surface area contributed by atoms with Crippen LogP contribution in [0.1, 0.15) is 26.7 Å². The van der Waals surface area contributed by atoms with Crippen LogP contribution in [0.2, 0.25) is 0 Å². The predicted molar refractivity (Wildman–Crippen MR) is 57.0 cm³/mol. The summed E-state index contributed by atoms with van der Waals surface area (Å²) in [5.41, 5.74) is 0. The number of hydrogen-bond acceptors (Lipinski definition) is 3. The maximum Gasteiger partial charge on any atom is 0.253 e. The molecule has 0 amide bonds. The van der Waals surface area contributed by atoms with Gasteiger partial charge < -0.3 is 5.32 Å². The van der Waals surface area contributed by atoms with Gasteiger partial charge in [-0.15, -0.1) is 0 Å². The maximum atomic E-state index is 12.4. The van der Waals surface area contributed by atoms with Crippen LogP contribution in [0.5, 0.6) is 0 Å². The average Bonchev–Trinajstić information content (AvgIpc) is 2.16. The van der Waals surface area contributed by atoms with Gasteiger partial charge in [-0.25, -0.2) is 17.2 Å². The minimum absolute atomic E-state index is 0.00187. The van der Waals surface area contributed by atoms with Gasteiger partial charge in [0.15, 0.2) is 0 Å². The lowest BCUT2D eigenvalue weighted by molar-refractivity contribution is 0.0947. The van der Waals surface area contributed by atoms with Gasteiger partial charge in [0.2, 0.25) is 0 Å². The normalized spacial score (nSPS) is 14.5. The highest BCUT2D eigenvalue weighted by atomic mass is 32.2. The fourth-order valence-electron chi connectivity index (χ4n) is 1.25. The van der Waals surface area contributed by atoms with Crippen LogP contribution in [0.4, 0.5) is 8.78 Å². The Labute approximate surface area is 90.2 Å². The second kappa shape index (κ2) is 7.11. The van der Waals surface area contributed by atoms with Crippen LogP contribution in [-0.4, -0.2) is 38.9 Å². The molecule has 0 aliphatic carbocycles. The standard InChI is InChI=1S/C9H19F2NO2S/c1-3-12-8(9(10)11)6-5-7-15(13,14)4-2/h8-9,12H,3-7H2,1-2H3. The van der Waals surface area contributed by atoms with Gasteiger partial charge in [-0.2, -0.15) is 0 Å². The Morgan fingerprint density at radius 2 is 1.87 bits per heavy atom. The van der Waals surface area contributed by atoms with E-state index in [4.69, 9.17) is 0 Å². The van der Waals surface area contributed by atoms with Crippen molar-refractivity contribution in [1.82, 2.24) is 5.32 Å². The highest BCUT2D eigenvalue weighted by Gasteiger charge is 2.19. The molecule has 0 saturated heterocycles. The summed E-state index contributed by atoms with van der Waals surface area (Å²) in [5.74, 6) is 0.0751. The Morgan fingerprint density at radius 3 is 2.27 bits per heavy atom. The van der Waals surface area contributed by atoms with Gasteiger partial charge in [-0.05, 0) is 19.4 Å². The average molecular weight is 243 g/mol. The van der Waals surface area contributed by atoms with Gasteiger partial charge >= 0.3 is 0 Å². The van der Waals surface area contributed by atoms with Gasteiger partial charge in [0.25, 0.3) is 6.43 Å². The molecule has 1 atom stereocenters. The third-order valence-electron chi connectivity index (χ3n) is 2.18. The summed E-state index contributed by atoms with van der Waals surface area (Å²) in [6, 6.07) is -0.887. The van der Waals surface area contributed by atoms with E-state index >= 15 is 0 Å². The van der Waals surface area contributed by atoms with Crippen molar-refractivity contribution in [2.24, 2.45) is 0 Å². The van der Waals surface area contributed by atoms with Crippen molar-refractivity contribution < 1.29 is 17.2 Å². The Hall–Kier alpha value is -0.230. The Kier molecular flexibility index (Phi) is 7.00. The highest BCUT2D eigenvalue weighted by Crippen LogP contribution is 2.09. The van der Waals surface area contributed by atoms with E-state index in [1.807, 2.05) is 0 Å². The second-order valence-electron chi connectivity index (χ2n) is 3.38. The molecule has 1 N–H and O–H groups in total. The molecular formula is C9H19F2NO2S. The van der Waals surface area contributed by atoms with Crippen molar-refractivity contribution in [2.75, 3.05) is 18.1 Å². The van der Waals surface area contributed by atoms with Crippen LogP contribution in [0.3, 0.4) is 0 Å². The minimum Gasteiger partial charge on any atom is -0.309 e. The lowest BCUT2D eigenvalue weighted by atomic mass is 10.2. The van der Waals surface area contributed by atoms with Crippen LogP contribution in [-0.2, 0) is 9.84 Å². The van der Waals surface area contributed by atoms with E-state index in [9.17, 15) is 17.2 Å². The van der Waals surface area contributed by atoms with Crippen LogP contribution >= 0.6 is 0 Å². The molecule has 0 radical (unpaired) electrons. The number of hydrogen-bond donors (Lipinski definition) is 1. The van der Waals surface area contributed by atoms with Gasteiger partial charge in [0.05, 0.1) is 11.8 Å². The molecule has 0 saturated carbocycles. The molecule has 0 aromatic carbocycles. The fraction of sp³-hybridized carbons (Fsp3) is 1.00. The number of sulfone groups is 1. The zero-order valence-corrected chi connectivity index (χ0v) is 9.99. The van der Waals surface area contributed by atoms with Gasteiger partial charge in [0.1, 0.15) is 9.84 Å². The molecule has 0 aromatic heterocycles. The van der Waals surface area contributed by atoms with E-state index in [1.54, 1.807) is 13.8 Å². The van der Waals surface area contributed by atoms with E-state index in [0.29, 0.717) is 6.54 Å². The Morgan fingerprint density at radius 1 is 1.27 bits per heavy atom. The molecule has 0 rings (SSSR count). The number of rotatable bonds is 8. The topological polar surface area (TPSA) is 46.2 Å². The first-order valence-corrected chi connectivity index (χ1v) is 6.97. The summed E-state index contributed by atoms with van der Waals surface area (Å²) >= 11 is 0. The monoisotopic (exact) mass is 243 g/mol. The fourth-order valence-corrected chi connectivity index (χ4v) is 2.14. The molecule has 1 unspecified atom stereocenters. The third kappa shape index (κ3) is 6.78. The van der Waals surface area contributed by atoms with Crippen LogP contribution in [0, 0.1) is 0 Å². The van der Waals surface area contributed by atoms with Crippen LogP contribution in [0.15, 0.2) is 0 Å². The maximum absolute atomic E-state index is 12.4. The molecule has 0 aliphatic heterocycles. The smallest absolute Gasteiger partial charge is 0.253 e. The molecule has 92 valence electrons. The summed E-state index contributed by atoms with van der Waals surface area (Å²) in [6.45, 7) is 3.78. The zero-order valence-electron chi connectivity index (χ0n) is 9.17.